The lowest BCUT2D eigenvalue weighted by Gasteiger charge is -2.30. The van der Waals surface area contributed by atoms with Crippen molar-refractivity contribution >= 4 is 27.7 Å². The Balaban J connectivity index is 1.38. The highest BCUT2D eigenvalue weighted by Crippen LogP contribution is 2.51. The second-order valence-corrected chi connectivity index (χ2v) is 9.16. The maximum atomic E-state index is 13.1. The van der Waals surface area contributed by atoms with E-state index in [1.807, 2.05) is 12.1 Å². The lowest BCUT2D eigenvalue weighted by atomic mass is 9.97. The zero-order chi connectivity index (χ0) is 24.0. The Kier molecular flexibility index (Phi) is 5.93. The third-order valence-corrected chi connectivity index (χ3v) is 7.32. The van der Waals surface area contributed by atoms with Gasteiger partial charge in [-0.1, -0.05) is 0 Å². The molecule has 2 amide bonds. The molecule has 5 rings (SSSR count). The molecule has 34 heavy (non-hydrogen) atoms. The molecule has 0 unspecified atom stereocenters. The summed E-state index contributed by atoms with van der Waals surface area (Å²) in [5, 5.41) is 0. The number of rotatable bonds is 5. The second kappa shape index (κ2) is 8.90. The molecular weight excluding hydrogens is 508 g/mol. The third-order valence-electron chi connectivity index (χ3n) is 6.48. The first-order valence-electron chi connectivity index (χ1n) is 11.0. The maximum absolute atomic E-state index is 13.1. The highest BCUT2D eigenvalue weighted by Gasteiger charge is 2.36. The Morgan fingerprint density at radius 1 is 1.06 bits per heavy atom. The largest absolute Gasteiger partial charge is 0.493 e. The Morgan fingerprint density at radius 2 is 1.76 bits per heavy atom. The van der Waals surface area contributed by atoms with E-state index >= 15 is 0 Å². The van der Waals surface area contributed by atoms with Crippen molar-refractivity contribution in [2.75, 3.05) is 47.8 Å². The number of hydrogen-bond acceptors (Lipinski definition) is 7. The van der Waals surface area contributed by atoms with Crippen LogP contribution >= 0.6 is 15.9 Å². The zero-order valence-electron chi connectivity index (χ0n) is 19.2. The van der Waals surface area contributed by atoms with Crippen LogP contribution in [0.1, 0.15) is 27.0 Å². The summed E-state index contributed by atoms with van der Waals surface area (Å²) in [5.41, 5.74) is 3.36. The van der Waals surface area contributed by atoms with E-state index in [-0.39, 0.29) is 31.0 Å². The number of methoxy groups -OCH3 is 2. The average molecular weight is 533 g/mol. The number of benzene rings is 2. The van der Waals surface area contributed by atoms with Gasteiger partial charge in [0.05, 0.1) is 24.3 Å². The molecule has 0 spiro atoms. The first-order chi connectivity index (χ1) is 16.4. The van der Waals surface area contributed by atoms with Gasteiger partial charge in [0.25, 0.3) is 11.8 Å². The van der Waals surface area contributed by atoms with Gasteiger partial charge in [-0.15, -0.1) is 0 Å². The number of amides is 2. The van der Waals surface area contributed by atoms with Crippen LogP contribution in [0.5, 0.6) is 28.7 Å². The molecule has 10 heteroatoms. The number of carbonyl (C=O) groups is 2. The van der Waals surface area contributed by atoms with Gasteiger partial charge < -0.3 is 33.5 Å². The summed E-state index contributed by atoms with van der Waals surface area (Å²) >= 11 is 3.55. The van der Waals surface area contributed by atoms with E-state index < -0.39 is 0 Å². The highest BCUT2D eigenvalue weighted by atomic mass is 79.9. The van der Waals surface area contributed by atoms with E-state index in [2.05, 4.69) is 15.9 Å². The summed E-state index contributed by atoms with van der Waals surface area (Å²) in [7, 11) is 4.94. The summed E-state index contributed by atoms with van der Waals surface area (Å²) in [4.78, 5) is 29.5. The van der Waals surface area contributed by atoms with Crippen molar-refractivity contribution in [3.63, 3.8) is 0 Å². The van der Waals surface area contributed by atoms with Crippen LogP contribution < -0.4 is 23.7 Å². The smallest absolute Gasteiger partial charge is 0.260 e. The molecule has 2 aromatic rings. The molecule has 3 aliphatic heterocycles. The molecule has 0 fully saturated rings. The molecule has 9 nitrogen and oxygen atoms in total. The molecule has 0 saturated heterocycles. The Labute approximate surface area is 205 Å². The number of ether oxygens (including phenoxy) is 5. The molecule has 0 radical (unpaired) electrons. The fraction of sp³-hybridized carbons (Fsp3) is 0.417. The Bertz CT molecular complexity index is 1180. The predicted octanol–water partition coefficient (Wildman–Crippen LogP) is 2.79. The van der Waals surface area contributed by atoms with Crippen molar-refractivity contribution in [2.45, 2.75) is 19.4 Å². The van der Waals surface area contributed by atoms with Gasteiger partial charge in [0.1, 0.15) is 0 Å². The lowest BCUT2D eigenvalue weighted by Crippen LogP contribution is -2.39. The monoisotopic (exact) mass is 532 g/mol. The minimum atomic E-state index is -0.219. The van der Waals surface area contributed by atoms with Crippen LogP contribution in [-0.4, -0.2) is 69.4 Å². The van der Waals surface area contributed by atoms with Crippen LogP contribution in [0.15, 0.2) is 16.6 Å². The highest BCUT2D eigenvalue weighted by molar-refractivity contribution is 9.10. The van der Waals surface area contributed by atoms with Crippen LogP contribution in [0.2, 0.25) is 0 Å². The summed E-state index contributed by atoms with van der Waals surface area (Å²) < 4.78 is 28.7. The van der Waals surface area contributed by atoms with E-state index in [0.29, 0.717) is 65.5 Å². The molecular formula is C24H25BrN2O7. The van der Waals surface area contributed by atoms with Crippen molar-refractivity contribution in [1.82, 2.24) is 9.80 Å². The molecule has 0 N–H and O–H groups in total. The van der Waals surface area contributed by atoms with Crippen LogP contribution in [0.25, 0.3) is 0 Å². The lowest BCUT2D eigenvalue weighted by molar-refractivity contribution is -0.134. The fourth-order valence-electron chi connectivity index (χ4n) is 4.60. The third kappa shape index (κ3) is 3.70. The predicted molar refractivity (Wildman–Crippen MR) is 125 cm³/mol. The standard InChI is InChI=1S/C24H25BrN2O7/c1-26-6-5-15-19(24(26)29)21(23-22(20(15)25)33-12-34-23)32-11-18(28)27-7-4-13-8-16(30-2)17(31-3)9-14(13)10-27/h8-9H,4-7,10-12H2,1-3H3. The van der Waals surface area contributed by atoms with Gasteiger partial charge >= 0.3 is 0 Å². The first-order valence-corrected chi connectivity index (χ1v) is 11.8. The Hall–Kier alpha value is -3.14. The number of likely N-dealkylation sites (N-methyl/N-ethyl adjacent to an activating group) is 1. The SMILES string of the molecule is COc1cc2c(cc1OC)CN(C(=O)COc1c3c(c(Br)c4c1C(=O)N(C)CC4)OCO3)CC2. The number of fused-ring (bicyclic) bond motifs is 3. The maximum Gasteiger partial charge on any atom is 0.260 e. The van der Waals surface area contributed by atoms with Gasteiger partial charge in [0, 0.05) is 26.7 Å². The Morgan fingerprint density at radius 3 is 2.50 bits per heavy atom. The van der Waals surface area contributed by atoms with Gasteiger partial charge in [0.2, 0.25) is 12.5 Å². The topological polar surface area (TPSA) is 86.8 Å². The number of carbonyl (C=O) groups excluding carboxylic acids is 2. The molecule has 0 bridgehead atoms. The van der Waals surface area contributed by atoms with E-state index in [9.17, 15) is 9.59 Å². The van der Waals surface area contributed by atoms with Gasteiger partial charge in [-0.3, -0.25) is 9.59 Å². The molecule has 0 saturated carbocycles. The molecule has 0 aromatic heterocycles. The van der Waals surface area contributed by atoms with E-state index in [1.165, 1.54) is 0 Å². The summed E-state index contributed by atoms with van der Waals surface area (Å²) in [6.45, 7) is 1.39. The minimum absolute atomic E-state index is 0.0272. The van der Waals surface area contributed by atoms with Crippen molar-refractivity contribution in [3.05, 3.63) is 38.9 Å². The van der Waals surface area contributed by atoms with Crippen molar-refractivity contribution in [3.8, 4) is 28.7 Å². The van der Waals surface area contributed by atoms with E-state index in [0.717, 1.165) is 16.7 Å². The fourth-order valence-corrected chi connectivity index (χ4v) is 5.29. The quantitative estimate of drug-likeness (QED) is 0.585. The summed E-state index contributed by atoms with van der Waals surface area (Å²) in [6.07, 6.45) is 1.35. The average Bonchev–Trinajstić information content (AvgIpc) is 3.35. The molecule has 180 valence electrons. The van der Waals surface area contributed by atoms with E-state index in [4.69, 9.17) is 23.7 Å². The van der Waals surface area contributed by atoms with Crippen molar-refractivity contribution in [1.29, 1.82) is 0 Å². The zero-order valence-corrected chi connectivity index (χ0v) is 20.8. The van der Waals surface area contributed by atoms with Crippen molar-refractivity contribution in [2.24, 2.45) is 0 Å². The minimum Gasteiger partial charge on any atom is -0.493 e. The first kappa shape index (κ1) is 22.6. The second-order valence-electron chi connectivity index (χ2n) is 8.37. The van der Waals surface area contributed by atoms with Crippen LogP contribution in [-0.2, 0) is 24.2 Å². The normalized spacial score (nSPS) is 16.2. The molecule has 0 aliphatic carbocycles. The molecule has 3 aliphatic rings. The molecule has 2 aromatic carbocycles. The molecule has 0 atom stereocenters. The van der Waals surface area contributed by atoms with Gasteiger partial charge in [-0.05, 0) is 57.6 Å². The number of nitrogens with zero attached hydrogens (tertiary/aromatic N) is 2. The van der Waals surface area contributed by atoms with Gasteiger partial charge in [-0.25, -0.2) is 0 Å². The van der Waals surface area contributed by atoms with Gasteiger partial charge in [0.15, 0.2) is 29.6 Å². The van der Waals surface area contributed by atoms with Crippen LogP contribution in [0.3, 0.4) is 0 Å². The van der Waals surface area contributed by atoms with E-state index in [1.54, 1.807) is 31.1 Å². The van der Waals surface area contributed by atoms with Crippen LogP contribution in [0.4, 0.5) is 0 Å². The van der Waals surface area contributed by atoms with Crippen LogP contribution in [0, 0.1) is 0 Å². The number of hydrogen-bond donors (Lipinski definition) is 0. The summed E-state index contributed by atoms with van der Waals surface area (Å²) in [5.74, 6) is 2.07. The summed E-state index contributed by atoms with van der Waals surface area (Å²) in [6, 6.07) is 3.87. The van der Waals surface area contributed by atoms with Crippen molar-refractivity contribution < 1.29 is 33.3 Å². The molecule has 3 heterocycles. The number of halogens is 1. The van der Waals surface area contributed by atoms with Gasteiger partial charge in [-0.2, -0.15) is 0 Å².